The van der Waals surface area contributed by atoms with Gasteiger partial charge in [-0.1, -0.05) is 72.8 Å². The molecule has 0 N–H and O–H groups in total. The van der Waals surface area contributed by atoms with Crippen LogP contribution >= 0.6 is 0 Å². The molecule has 0 radical (unpaired) electrons. The molecule has 9 heteroatoms. The lowest BCUT2D eigenvalue weighted by Crippen LogP contribution is -2.10. The fourth-order valence-electron chi connectivity index (χ4n) is 7.81. The Labute approximate surface area is 290 Å². The van der Waals surface area contributed by atoms with Crippen LogP contribution in [0.15, 0.2) is 131 Å². The molecule has 0 atom stereocenters. The maximum atomic E-state index is 13.7. The zero-order chi connectivity index (χ0) is 34.7. The summed E-state index contributed by atoms with van der Waals surface area (Å²) < 4.78 is 60.8. The number of hydrogen-bond donors (Lipinski definition) is 0. The van der Waals surface area contributed by atoms with E-state index in [1.165, 1.54) is 0 Å². The van der Waals surface area contributed by atoms with E-state index in [-0.39, 0.29) is 16.1 Å². The second kappa shape index (κ2) is 10.6. The van der Waals surface area contributed by atoms with Crippen LogP contribution in [0.4, 0.5) is 0 Å². The maximum Gasteiger partial charge on any atom is 0.218 e. The van der Waals surface area contributed by atoms with Crippen LogP contribution in [0.25, 0.3) is 76.2 Å². The summed E-state index contributed by atoms with van der Waals surface area (Å²) >= 11 is 0. The second-order valence-electron chi connectivity index (χ2n) is 13.2. The molecule has 7 nitrogen and oxygen atoms in total. The summed E-state index contributed by atoms with van der Waals surface area (Å²) in [5.74, 6) is 0. The quantitative estimate of drug-likeness (QED) is 0.180. The molecule has 3 aromatic heterocycles. The van der Waals surface area contributed by atoms with Gasteiger partial charge in [-0.05, 0) is 76.3 Å². The van der Waals surface area contributed by atoms with Crippen LogP contribution in [-0.4, -0.2) is 30.5 Å². The minimum atomic E-state index is -3.68. The Hall–Kier alpha value is -5.38. The van der Waals surface area contributed by atoms with E-state index in [9.17, 15) is 16.8 Å². The van der Waals surface area contributed by atoms with E-state index in [0.717, 1.165) is 66.1 Å². The molecule has 248 valence electrons. The summed E-state index contributed by atoms with van der Waals surface area (Å²) in [4.78, 5) is 0.633. The van der Waals surface area contributed by atoms with Crippen molar-refractivity contribution in [2.75, 3.05) is 0 Å². The minimum absolute atomic E-state index is 0.00662. The number of sulfone groups is 2. The molecular weight excluding hydrogens is 663 g/mol. The number of fused-ring (bicyclic) bond motifs is 6. The summed E-state index contributed by atoms with van der Waals surface area (Å²) in [6.45, 7) is 7.53. The minimum Gasteiger partial charge on any atom is -0.338 e. The average molecular weight is 696 g/mol. The number of para-hydroxylation sites is 4. The van der Waals surface area contributed by atoms with Gasteiger partial charge in [-0.3, -0.25) is 9.13 Å². The van der Waals surface area contributed by atoms with Gasteiger partial charge in [-0.2, -0.15) is 0 Å². The van der Waals surface area contributed by atoms with Gasteiger partial charge in [0.25, 0.3) is 0 Å². The Kier molecular flexibility index (Phi) is 6.48. The van der Waals surface area contributed by atoms with Crippen molar-refractivity contribution in [1.29, 1.82) is 0 Å². The van der Waals surface area contributed by atoms with Gasteiger partial charge in [0, 0.05) is 48.5 Å². The van der Waals surface area contributed by atoms with Crippen LogP contribution in [0.1, 0.15) is 33.7 Å². The number of aromatic nitrogens is 3. The third-order valence-corrected chi connectivity index (χ3v) is 13.8. The lowest BCUT2D eigenvalue weighted by atomic mass is 10.1. The van der Waals surface area contributed by atoms with E-state index in [4.69, 9.17) is 0 Å². The van der Waals surface area contributed by atoms with Crippen molar-refractivity contribution in [2.24, 2.45) is 0 Å². The molecule has 0 bridgehead atoms. The molecule has 50 heavy (non-hydrogen) atoms. The number of benzene rings is 4. The molecule has 0 spiro atoms. The average Bonchev–Trinajstić information content (AvgIpc) is 3.89. The SMILES string of the molecule is CC1=CC=C(n2c3ccccc3c3cccc(-c4ccc(-c5cccc6c7ccccc7n(C7=CC=C(C)S7(=O)=O)c56)n4C(C)C)c32)S1(=O)=O. The highest BCUT2D eigenvalue weighted by Gasteiger charge is 2.32. The van der Waals surface area contributed by atoms with Crippen molar-refractivity contribution in [3.63, 3.8) is 0 Å². The summed E-state index contributed by atoms with van der Waals surface area (Å²) in [6.07, 6.45) is 6.73. The predicted molar refractivity (Wildman–Crippen MR) is 206 cm³/mol. The Morgan fingerprint density at radius 2 is 0.880 bits per heavy atom. The zero-order valence-corrected chi connectivity index (χ0v) is 29.5. The van der Waals surface area contributed by atoms with E-state index in [1.807, 2.05) is 69.8 Å². The molecule has 9 rings (SSSR count). The largest absolute Gasteiger partial charge is 0.338 e. The third-order valence-electron chi connectivity index (χ3n) is 10.1. The van der Waals surface area contributed by atoms with Crippen molar-refractivity contribution in [2.45, 2.75) is 33.7 Å². The standard InChI is InChI=1S/C41H33N3O4S2/c1-25(2)42-36(32-15-9-13-30-28-11-5-7-17-34(28)43(40(30)32)38-23-19-26(3)49(38,45)46)21-22-37(42)33-16-10-14-31-29-12-6-8-18-35(29)44(41(31)33)39-24-20-27(4)50(39,47)48/h5-25H,1-4H3. The zero-order valence-electron chi connectivity index (χ0n) is 27.9. The van der Waals surface area contributed by atoms with Gasteiger partial charge in [-0.15, -0.1) is 0 Å². The molecule has 4 aromatic carbocycles. The monoisotopic (exact) mass is 695 g/mol. The molecule has 2 aliphatic rings. The molecule has 0 saturated carbocycles. The number of allylic oxidation sites excluding steroid dienone is 6. The van der Waals surface area contributed by atoms with E-state index in [2.05, 4.69) is 54.8 Å². The van der Waals surface area contributed by atoms with Crippen LogP contribution in [-0.2, 0) is 19.7 Å². The van der Waals surface area contributed by atoms with Gasteiger partial charge in [0.05, 0.1) is 33.5 Å². The summed E-state index contributed by atoms with van der Waals surface area (Å²) in [6, 6.07) is 32.3. The van der Waals surface area contributed by atoms with Crippen LogP contribution in [0.2, 0.25) is 0 Å². The number of hydrogen-bond acceptors (Lipinski definition) is 4. The lowest BCUT2D eigenvalue weighted by Gasteiger charge is -2.20. The smallest absolute Gasteiger partial charge is 0.218 e. The summed E-state index contributed by atoms with van der Waals surface area (Å²) in [5, 5.41) is 4.33. The topological polar surface area (TPSA) is 83.1 Å². The fourth-order valence-corrected chi connectivity index (χ4v) is 10.3. The van der Waals surface area contributed by atoms with Crippen LogP contribution in [0.3, 0.4) is 0 Å². The summed E-state index contributed by atoms with van der Waals surface area (Å²) in [5.41, 5.74) is 6.91. The molecule has 0 aliphatic carbocycles. The van der Waals surface area contributed by atoms with E-state index < -0.39 is 19.7 Å². The Balaban J connectivity index is 1.36. The Bertz CT molecular complexity index is 2800. The van der Waals surface area contributed by atoms with Gasteiger partial charge in [0.15, 0.2) is 0 Å². The van der Waals surface area contributed by atoms with Crippen molar-refractivity contribution >= 4 is 73.3 Å². The van der Waals surface area contributed by atoms with Gasteiger partial charge in [-0.25, -0.2) is 16.8 Å². The van der Waals surface area contributed by atoms with E-state index in [0.29, 0.717) is 9.81 Å². The first-order valence-corrected chi connectivity index (χ1v) is 19.5. The van der Waals surface area contributed by atoms with Gasteiger partial charge in [0.1, 0.15) is 10.1 Å². The van der Waals surface area contributed by atoms with Crippen molar-refractivity contribution < 1.29 is 16.8 Å². The second-order valence-corrected chi connectivity index (χ2v) is 17.4. The third kappa shape index (κ3) is 4.01. The first-order chi connectivity index (χ1) is 24.0. The molecule has 0 amide bonds. The maximum absolute atomic E-state index is 13.7. The van der Waals surface area contributed by atoms with Gasteiger partial charge in [0.2, 0.25) is 19.7 Å². The van der Waals surface area contributed by atoms with Crippen LogP contribution in [0.5, 0.6) is 0 Å². The normalized spacial score (nSPS) is 16.9. The molecule has 5 heterocycles. The number of nitrogens with zero attached hydrogens (tertiary/aromatic N) is 3. The highest BCUT2D eigenvalue weighted by molar-refractivity contribution is 8.04. The van der Waals surface area contributed by atoms with Crippen molar-refractivity contribution in [3.05, 3.63) is 131 Å². The Morgan fingerprint density at radius 1 is 0.480 bits per heavy atom. The predicted octanol–water partition coefficient (Wildman–Crippen LogP) is 9.88. The van der Waals surface area contributed by atoms with Crippen LogP contribution < -0.4 is 0 Å². The van der Waals surface area contributed by atoms with Gasteiger partial charge < -0.3 is 4.57 Å². The molecule has 0 fully saturated rings. The molecular formula is C41H33N3O4S2. The fraction of sp³-hybridized carbons (Fsp3) is 0.122. The highest BCUT2D eigenvalue weighted by atomic mass is 32.2. The van der Waals surface area contributed by atoms with E-state index >= 15 is 0 Å². The molecule has 0 saturated heterocycles. The Morgan fingerprint density at radius 3 is 1.26 bits per heavy atom. The first kappa shape index (κ1) is 30.7. The lowest BCUT2D eigenvalue weighted by molar-refractivity contribution is 0.609. The van der Waals surface area contributed by atoms with Gasteiger partial charge >= 0.3 is 0 Å². The van der Waals surface area contributed by atoms with Crippen molar-refractivity contribution in [3.8, 4) is 22.5 Å². The molecule has 0 unspecified atom stereocenters. The van der Waals surface area contributed by atoms with Crippen LogP contribution in [0, 0.1) is 0 Å². The molecule has 7 aromatic rings. The first-order valence-electron chi connectivity index (χ1n) is 16.6. The highest BCUT2D eigenvalue weighted by Crippen LogP contribution is 2.45. The molecule has 2 aliphatic heterocycles. The van der Waals surface area contributed by atoms with E-state index in [1.54, 1.807) is 38.2 Å². The summed E-state index contributed by atoms with van der Waals surface area (Å²) in [7, 11) is -7.36. The number of rotatable bonds is 5. The van der Waals surface area contributed by atoms with Crippen molar-refractivity contribution in [1.82, 2.24) is 13.7 Å².